The van der Waals surface area contributed by atoms with Crippen LogP contribution in [-0.2, 0) is 17.9 Å². The van der Waals surface area contributed by atoms with Gasteiger partial charge in [0.1, 0.15) is 18.0 Å². The molecule has 1 aromatic carbocycles. The molecule has 0 bridgehead atoms. The second kappa shape index (κ2) is 8.65. The van der Waals surface area contributed by atoms with E-state index in [1.807, 2.05) is 18.2 Å². The summed E-state index contributed by atoms with van der Waals surface area (Å²) in [7, 11) is 0. The number of unbranched alkanes of at least 4 members (excludes halogenated alkanes) is 1. The minimum Gasteiger partial charge on any atom is -0.458 e. The van der Waals surface area contributed by atoms with Crippen molar-refractivity contribution < 1.29 is 9.15 Å². The number of benzene rings is 1. The Morgan fingerprint density at radius 3 is 3.00 bits per heavy atom. The van der Waals surface area contributed by atoms with E-state index >= 15 is 0 Å². The molecular weight excluding hydrogens is 262 g/mol. The highest BCUT2D eigenvalue weighted by Gasteiger charge is 2.13. The molecule has 0 saturated carbocycles. The van der Waals surface area contributed by atoms with Crippen LogP contribution in [0.15, 0.2) is 41.3 Å². The van der Waals surface area contributed by atoms with Gasteiger partial charge >= 0.3 is 0 Å². The smallest absolute Gasteiger partial charge is 0.135 e. The lowest BCUT2D eigenvalue weighted by Gasteiger charge is -2.06. The average molecular weight is 287 g/mol. The molecule has 21 heavy (non-hydrogen) atoms. The molecule has 2 rings (SSSR count). The van der Waals surface area contributed by atoms with Gasteiger partial charge < -0.3 is 14.5 Å². The van der Waals surface area contributed by atoms with Crippen LogP contribution in [0.4, 0.5) is 0 Å². The lowest BCUT2D eigenvalue weighted by atomic mass is 10.1. The Morgan fingerprint density at radius 1 is 1.33 bits per heavy atom. The van der Waals surface area contributed by atoms with Crippen LogP contribution in [0.3, 0.4) is 0 Å². The van der Waals surface area contributed by atoms with Crippen molar-refractivity contribution in [2.45, 2.75) is 39.3 Å². The maximum absolute atomic E-state index is 5.95. The average Bonchev–Trinajstić information content (AvgIpc) is 2.85. The highest BCUT2D eigenvalue weighted by Crippen LogP contribution is 2.26. The summed E-state index contributed by atoms with van der Waals surface area (Å²) in [4.78, 5) is 0. The van der Waals surface area contributed by atoms with E-state index in [2.05, 4.69) is 31.0 Å². The summed E-state index contributed by atoms with van der Waals surface area (Å²) in [5.41, 5.74) is 2.17. The Bertz CT molecular complexity index is 559. The maximum Gasteiger partial charge on any atom is 0.135 e. The molecule has 0 radical (unpaired) electrons. The monoisotopic (exact) mass is 287 g/mol. The van der Waals surface area contributed by atoms with Crippen LogP contribution in [0.2, 0.25) is 0 Å². The quantitative estimate of drug-likeness (QED) is 0.519. The van der Waals surface area contributed by atoms with Crippen LogP contribution < -0.4 is 5.32 Å². The van der Waals surface area contributed by atoms with Gasteiger partial charge in [0.05, 0.1) is 0 Å². The van der Waals surface area contributed by atoms with Gasteiger partial charge in [-0.2, -0.15) is 0 Å². The summed E-state index contributed by atoms with van der Waals surface area (Å²) >= 11 is 0. The van der Waals surface area contributed by atoms with Crippen molar-refractivity contribution in [2.75, 3.05) is 13.2 Å². The van der Waals surface area contributed by atoms with Crippen LogP contribution in [0.1, 0.15) is 37.5 Å². The molecule has 0 amide bonds. The Morgan fingerprint density at radius 2 is 2.19 bits per heavy atom. The van der Waals surface area contributed by atoms with E-state index in [4.69, 9.17) is 9.15 Å². The first-order chi connectivity index (χ1) is 10.4. The fourth-order valence-corrected chi connectivity index (χ4v) is 2.34. The summed E-state index contributed by atoms with van der Waals surface area (Å²) in [5.74, 6) is 0.943. The van der Waals surface area contributed by atoms with E-state index in [1.54, 1.807) is 0 Å². The summed E-state index contributed by atoms with van der Waals surface area (Å²) in [6.45, 7) is 9.01. The van der Waals surface area contributed by atoms with Crippen LogP contribution in [0.5, 0.6) is 0 Å². The Kier molecular flexibility index (Phi) is 6.51. The van der Waals surface area contributed by atoms with Gasteiger partial charge in [0.25, 0.3) is 0 Å². The van der Waals surface area contributed by atoms with Crippen LogP contribution >= 0.6 is 0 Å². The van der Waals surface area contributed by atoms with Crippen LogP contribution in [0, 0.1) is 0 Å². The first-order valence-corrected chi connectivity index (χ1v) is 7.75. The summed E-state index contributed by atoms with van der Waals surface area (Å²) in [6.07, 6.45) is 5.05. The molecule has 3 nitrogen and oxygen atoms in total. The molecule has 2 aromatic rings. The number of hydrogen-bond donors (Lipinski definition) is 1. The molecule has 3 heteroatoms. The Hall–Kier alpha value is -1.58. The zero-order valence-electron chi connectivity index (χ0n) is 12.9. The summed E-state index contributed by atoms with van der Waals surface area (Å²) < 4.78 is 11.7. The predicted octanol–water partition coefficient (Wildman–Crippen LogP) is 4.42. The maximum atomic E-state index is 5.95. The highest BCUT2D eigenvalue weighted by atomic mass is 16.5. The van der Waals surface area contributed by atoms with Gasteiger partial charge in [0.2, 0.25) is 0 Å². The molecule has 0 aliphatic carbocycles. The lowest BCUT2D eigenvalue weighted by molar-refractivity contribution is 0.105. The Balaban J connectivity index is 2.05. The van der Waals surface area contributed by atoms with E-state index < -0.39 is 0 Å². The normalized spacial score (nSPS) is 11.1. The molecule has 0 spiro atoms. The SMILES string of the molecule is C=CCCCOCc1oc2ccccc2c1CNCCC. The van der Waals surface area contributed by atoms with Crippen molar-refractivity contribution in [1.29, 1.82) is 0 Å². The largest absolute Gasteiger partial charge is 0.458 e. The predicted molar refractivity (Wildman–Crippen MR) is 87.3 cm³/mol. The number of nitrogens with one attached hydrogen (secondary N) is 1. The van der Waals surface area contributed by atoms with Crippen molar-refractivity contribution >= 4 is 11.0 Å². The third-order valence-electron chi connectivity index (χ3n) is 3.44. The molecule has 0 fully saturated rings. The minimum absolute atomic E-state index is 0.537. The van der Waals surface area contributed by atoms with Crippen molar-refractivity contribution in [3.8, 4) is 0 Å². The third-order valence-corrected chi connectivity index (χ3v) is 3.44. The summed E-state index contributed by atoms with van der Waals surface area (Å²) in [5, 5.41) is 4.64. The molecule has 0 aliphatic rings. The van der Waals surface area contributed by atoms with Gasteiger partial charge in [0.15, 0.2) is 0 Å². The number of hydrogen-bond acceptors (Lipinski definition) is 3. The van der Waals surface area contributed by atoms with Crippen LogP contribution in [0.25, 0.3) is 11.0 Å². The molecule has 0 atom stereocenters. The fraction of sp³-hybridized carbons (Fsp3) is 0.444. The van der Waals surface area contributed by atoms with Gasteiger partial charge in [-0.05, 0) is 31.9 Å². The number of allylic oxidation sites excluding steroid dienone is 1. The first-order valence-electron chi connectivity index (χ1n) is 7.75. The number of ether oxygens (including phenoxy) is 1. The molecule has 0 aliphatic heterocycles. The minimum atomic E-state index is 0.537. The van der Waals surface area contributed by atoms with Gasteiger partial charge in [-0.25, -0.2) is 0 Å². The molecule has 1 N–H and O–H groups in total. The van der Waals surface area contributed by atoms with Crippen molar-refractivity contribution in [3.05, 3.63) is 48.2 Å². The molecule has 0 saturated heterocycles. The van der Waals surface area contributed by atoms with Gasteiger partial charge in [0, 0.05) is 24.1 Å². The standard InChI is InChI=1S/C18H25NO2/c1-3-5-8-12-20-14-18-16(13-19-11-4-2)15-9-6-7-10-17(15)21-18/h3,6-7,9-10,19H,1,4-5,8,11-14H2,2H3. The zero-order valence-corrected chi connectivity index (χ0v) is 12.9. The van der Waals surface area contributed by atoms with Gasteiger partial charge in [-0.15, -0.1) is 6.58 Å². The van der Waals surface area contributed by atoms with E-state index in [1.165, 1.54) is 10.9 Å². The van der Waals surface area contributed by atoms with Crippen molar-refractivity contribution in [3.63, 3.8) is 0 Å². The topological polar surface area (TPSA) is 34.4 Å². The molecule has 1 aromatic heterocycles. The van der Waals surface area contributed by atoms with E-state index in [9.17, 15) is 0 Å². The van der Waals surface area contributed by atoms with E-state index in [0.717, 1.165) is 50.3 Å². The number of furan rings is 1. The van der Waals surface area contributed by atoms with Crippen LogP contribution in [-0.4, -0.2) is 13.2 Å². The van der Waals surface area contributed by atoms with E-state index in [0.29, 0.717) is 6.61 Å². The zero-order chi connectivity index (χ0) is 14.9. The number of rotatable bonds is 10. The van der Waals surface area contributed by atoms with E-state index in [-0.39, 0.29) is 0 Å². The fourth-order valence-electron chi connectivity index (χ4n) is 2.34. The van der Waals surface area contributed by atoms with Crippen molar-refractivity contribution in [2.24, 2.45) is 0 Å². The number of para-hydroxylation sites is 1. The molecule has 114 valence electrons. The second-order valence-corrected chi connectivity index (χ2v) is 5.16. The first kappa shape index (κ1) is 15.8. The number of fused-ring (bicyclic) bond motifs is 1. The Labute approximate surface area is 127 Å². The lowest BCUT2D eigenvalue weighted by Crippen LogP contribution is -2.14. The van der Waals surface area contributed by atoms with Gasteiger partial charge in [-0.1, -0.05) is 31.2 Å². The van der Waals surface area contributed by atoms with Gasteiger partial charge in [-0.3, -0.25) is 0 Å². The van der Waals surface area contributed by atoms with Crippen molar-refractivity contribution in [1.82, 2.24) is 5.32 Å². The molecule has 0 unspecified atom stereocenters. The molecular formula is C18H25NO2. The highest BCUT2D eigenvalue weighted by molar-refractivity contribution is 5.82. The summed E-state index contributed by atoms with van der Waals surface area (Å²) in [6, 6.07) is 8.18. The third kappa shape index (κ3) is 4.45. The molecule has 1 heterocycles. The second-order valence-electron chi connectivity index (χ2n) is 5.16.